The summed E-state index contributed by atoms with van der Waals surface area (Å²) >= 11 is 11.6. The van der Waals surface area contributed by atoms with E-state index in [0.717, 1.165) is 24.6 Å². The fraction of sp³-hybridized carbons (Fsp3) is 0.375. The van der Waals surface area contributed by atoms with Gasteiger partial charge in [-0.3, -0.25) is 9.69 Å². The molecule has 0 spiro atoms. The predicted molar refractivity (Wildman–Crippen MR) is 127 cm³/mol. The molecule has 3 aromatic rings. The van der Waals surface area contributed by atoms with E-state index in [9.17, 15) is 9.18 Å². The summed E-state index contributed by atoms with van der Waals surface area (Å²) < 4.78 is 25.0. The van der Waals surface area contributed by atoms with Gasteiger partial charge in [-0.15, -0.1) is 10.2 Å². The highest BCUT2D eigenvalue weighted by Crippen LogP contribution is 2.35. The molecule has 10 heteroatoms. The minimum atomic E-state index is -0.594. The van der Waals surface area contributed by atoms with E-state index in [2.05, 4.69) is 27.3 Å². The topological polar surface area (TPSA) is 80.5 Å². The smallest absolute Gasteiger partial charge is 0.258 e. The Hall–Kier alpha value is -2.68. The Morgan fingerprint density at radius 2 is 2.03 bits per heavy atom. The quantitative estimate of drug-likeness (QED) is 0.468. The molecule has 2 atom stereocenters. The van der Waals surface area contributed by atoms with E-state index in [1.165, 1.54) is 12.1 Å². The first-order chi connectivity index (χ1) is 16.3. The molecule has 0 unspecified atom stereocenters. The summed E-state index contributed by atoms with van der Waals surface area (Å²) in [5.41, 5.74) is 0.344. The molecular formula is C24H25Cl2FN4O3. The molecule has 0 saturated carbocycles. The minimum Gasteiger partial charge on any atom is -0.484 e. The number of hydrogen-bond acceptors (Lipinski definition) is 6. The minimum absolute atomic E-state index is 0.00210. The molecule has 34 heavy (non-hydrogen) atoms. The van der Waals surface area contributed by atoms with Crippen molar-refractivity contribution in [2.45, 2.75) is 38.3 Å². The molecule has 1 N–H and O–H groups in total. The molecule has 7 nitrogen and oxygen atoms in total. The van der Waals surface area contributed by atoms with Crippen LogP contribution in [0.3, 0.4) is 0 Å². The number of nitrogens with zero attached hydrogens (tertiary/aromatic N) is 3. The lowest BCUT2D eigenvalue weighted by atomic mass is 9.87. The number of benzene rings is 2. The lowest BCUT2D eigenvalue weighted by molar-refractivity contribution is -0.125. The summed E-state index contributed by atoms with van der Waals surface area (Å²) in [6, 6.07) is 11.3. The zero-order chi connectivity index (χ0) is 24.3. The number of nitrogens with one attached hydrogen (secondary N) is 1. The van der Waals surface area contributed by atoms with E-state index in [1.54, 1.807) is 12.1 Å². The Kier molecular flexibility index (Phi) is 7.40. The van der Waals surface area contributed by atoms with Crippen LogP contribution in [0.4, 0.5) is 4.39 Å². The molecule has 0 aliphatic carbocycles. The van der Waals surface area contributed by atoms with Crippen LogP contribution in [0.25, 0.3) is 11.5 Å². The molecule has 1 aliphatic heterocycles. The maximum atomic E-state index is 13.6. The van der Waals surface area contributed by atoms with Gasteiger partial charge in [-0.05, 0) is 62.7 Å². The standard InChI is InChI=1S/C24H25Cl2FN4O3/c1-3-31-14-24(2,28-21(32)13-33-17-8-9-18(26)19(27)12-17)11-10-20(31)23-30-29-22(34-23)15-4-6-16(25)7-5-15/h4-9,12,20H,3,10-11,13-14H2,1-2H3,(H,28,32)/t20-,24-/m1/s1. The van der Waals surface area contributed by atoms with Crippen LogP contribution in [0, 0.1) is 5.82 Å². The van der Waals surface area contributed by atoms with Gasteiger partial charge in [-0.25, -0.2) is 4.39 Å². The van der Waals surface area contributed by atoms with Crippen LogP contribution in [0.15, 0.2) is 46.9 Å². The number of likely N-dealkylation sites (tertiary alicyclic amines) is 1. The average molecular weight is 507 g/mol. The first-order valence-electron chi connectivity index (χ1n) is 11.0. The van der Waals surface area contributed by atoms with Crippen molar-refractivity contribution in [3.63, 3.8) is 0 Å². The van der Waals surface area contributed by atoms with Crippen LogP contribution in [-0.4, -0.2) is 46.2 Å². The largest absolute Gasteiger partial charge is 0.484 e. The molecule has 1 aromatic heterocycles. The van der Waals surface area contributed by atoms with Gasteiger partial charge in [0.25, 0.3) is 5.91 Å². The number of rotatable bonds is 7. The second-order valence-corrected chi connectivity index (χ2v) is 9.39. The lowest BCUT2D eigenvalue weighted by Crippen LogP contribution is -2.58. The van der Waals surface area contributed by atoms with Gasteiger partial charge in [-0.2, -0.15) is 0 Å². The number of piperidine rings is 1. The van der Waals surface area contributed by atoms with E-state index in [-0.39, 0.29) is 29.3 Å². The number of carbonyl (C=O) groups is 1. The van der Waals surface area contributed by atoms with Crippen molar-refractivity contribution in [1.29, 1.82) is 0 Å². The summed E-state index contributed by atoms with van der Waals surface area (Å²) in [4.78, 5) is 14.8. The molecule has 1 fully saturated rings. The molecule has 0 radical (unpaired) electrons. The van der Waals surface area contributed by atoms with Crippen molar-refractivity contribution in [1.82, 2.24) is 20.4 Å². The van der Waals surface area contributed by atoms with Gasteiger partial charge in [0.15, 0.2) is 6.61 Å². The third-order valence-electron chi connectivity index (χ3n) is 5.89. The van der Waals surface area contributed by atoms with Gasteiger partial charge >= 0.3 is 0 Å². The summed E-state index contributed by atoms with van der Waals surface area (Å²) in [7, 11) is 0. The van der Waals surface area contributed by atoms with Crippen LogP contribution in [0.2, 0.25) is 10.0 Å². The van der Waals surface area contributed by atoms with Gasteiger partial charge in [0.2, 0.25) is 11.8 Å². The zero-order valence-corrected chi connectivity index (χ0v) is 20.4. The summed E-state index contributed by atoms with van der Waals surface area (Å²) in [5.74, 6) is 0.362. The molecule has 1 saturated heterocycles. The molecule has 0 bridgehead atoms. The first-order valence-corrected chi connectivity index (χ1v) is 11.7. The van der Waals surface area contributed by atoms with Gasteiger partial charge in [0.1, 0.15) is 11.6 Å². The lowest BCUT2D eigenvalue weighted by Gasteiger charge is -2.44. The van der Waals surface area contributed by atoms with Crippen LogP contribution in [0.1, 0.15) is 38.6 Å². The fourth-order valence-corrected chi connectivity index (χ4v) is 4.40. The molecule has 1 aliphatic rings. The van der Waals surface area contributed by atoms with Gasteiger partial charge in [0.05, 0.1) is 16.6 Å². The summed E-state index contributed by atoms with van der Waals surface area (Å²) in [5, 5.41) is 12.2. The van der Waals surface area contributed by atoms with Crippen LogP contribution >= 0.6 is 23.2 Å². The van der Waals surface area contributed by atoms with E-state index < -0.39 is 11.4 Å². The van der Waals surface area contributed by atoms with E-state index in [1.807, 2.05) is 19.1 Å². The third kappa shape index (κ3) is 5.68. The van der Waals surface area contributed by atoms with E-state index in [4.69, 9.17) is 32.4 Å². The van der Waals surface area contributed by atoms with Crippen LogP contribution < -0.4 is 10.1 Å². The maximum absolute atomic E-state index is 13.6. The van der Waals surface area contributed by atoms with Crippen molar-refractivity contribution in [2.75, 3.05) is 19.7 Å². The number of hydrogen-bond donors (Lipinski definition) is 1. The highest BCUT2D eigenvalue weighted by molar-refractivity contribution is 6.31. The zero-order valence-electron chi connectivity index (χ0n) is 18.9. The fourth-order valence-electron chi connectivity index (χ4n) is 4.16. The number of amides is 1. The Balaban J connectivity index is 1.37. The van der Waals surface area contributed by atoms with E-state index in [0.29, 0.717) is 29.8 Å². The monoisotopic (exact) mass is 506 g/mol. The highest BCUT2D eigenvalue weighted by Gasteiger charge is 2.39. The van der Waals surface area contributed by atoms with Crippen molar-refractivity contribution >= 4 is 29.1 Å². The summed E-state index contributed by atoms with van der Waals surface area (Å²) in [6.45, 7) is 5.18. The number of aromatic nitrogens is 2. The average Bonchev–Trinajstić information content (AvgIpc) is 3.30. The number of carbonyl (C=O) groups excluding carboxylic acids is 1. The first kappa shape index (κ1) is 24.4. The van der Waals surface area contributed by atoms with Crippen molar-refractivity contribution in [3.8, 4) is 17.2 Å². The van der Waals surface area contributed by atoms with Crippen LogP contribution in [0.5, 0.6) is 5.75 Å². The van der Waals surface area contributed by atoms with Crippen LogP contribution in [-0.2, 0) is 4.79 Å². The number of likely N-dealkylation sites (N-methyl/N-ethyl adjacent to an activating group) is 1. The second-order valence-electron chi connectivity index (χ2n) is 8.54. The normalized spacial score (nSPS) is 20.8. The van der Waals surface area contributed by atoms with Crippen molar-refractivity contribution in [2.24, 2.45) is 0 Å². The predicted octanol–water partition coefficient (Wildman–Crippen LogP) is 5.29. The Morgan fingerprint density at radius 3 is 2.74 bits per heavy atom. The van der Waals surface area contributed by atoms with Gasteiger partial charge in [-0.1, -0.05) is 30.1 Å². The summed E-state index contributed by atoms with van der Waals surface area (Å²) in [6.07, 6.45) is 1.45. The van der Waals surface area contributed by atoms with Gasteiger partial charge < -0.3 is 14.5 Å². The molecule has 2 aromatic carbocycles. The Morgan fingerprint density at radius 1 is 1.26 bits per heavy atom. The second kappa shape index (κ2) is 10.3. The maximum Gasteiger partial charge on any atom is 0.258 e. The number of halogens is 3. The molecule has 2 heterocycles. The number of ether oxygens (including phenoxy) is 1. The Bertz CT molecular complexity index is 1160. The Labute approximate surface area is 207 Å². The SMILES string of the molecule is CCN1C[C@](C)(NC(=O)COc2ccc(Cl)c(F)c2)CC[C@@H]1c1nnc(-c2ccc(Cl)cc2)o1. The molecular weight excluding hydrogens is 482 g/mol. The van der Waals surface area contributed by atoms with E-state index >= 15 is 0 Å². The van der Waals surface area contributed by atoms with Crippen molar-refractivity contribution in [3.05, 3.63) is 64.2 Å². The third-order valence-corrected chi connectivity index (χ3v) is 6.45. The van der Waals surface area contributed by atoms with Gasteiger partial charge in [0, 0.05) is 23.2 Å². The highest BCUT2D eigenvalue weighted by atomic mass is 35.5. The van der Waals surface area contributed by atoms with Crippen molar-refractivity contribution < 1.29 is 18.3 Å². The molecule has 180 valence electrons. The molecule has 4 rings (SSSR count). The molecule has 1 amide bonds.